The largest absolute Gasteiger partial charge is 0.325 e. The molecule has 35 heavy (non-hydrogen) atoms. The van der Waals surface area contributed by atoms with E-state index in [1.54, 1.807) is 29.6 Å². The zero-order chi connectivity index (χ0) is 24.8. The fraction of sp³-hybridized carbons (Fsp3) is 0.148. The molecule has 180 valence electrons. The first-order valence-corrected chi connectivity index (χ1v) is 14.3. The number of anilines is 2. The van der Waals surface area contributed by atoms with Crippen LogP contribution in [-0.4, -0.2) is 14.3 Å². The number of hydrogen-bond donors (Lipinski definition) is 2. The maximum absolute atomic E-state index is 13.3. The molecular formula is C27H26N2O3S3. The van der Waals surface area contributed by atoms with E-state index in [0.29, 0.717) is 11.6 Å². The third-order valence-corrected chi connectivity index (χ3v) is 9.35. The van der Waals surface area contributed by atoms with Gasteiger partial charge in [0.05, 0.1) is 0 Å². The molecule has 1 unspecified atom stereocenters. The van der Waals surface area contributed by atoms with Crippen LogP contribution in [-0.2, 0) is 14.8 Å². The van der Waals surface area contributed by atoms with E-state index in [2.05, 4.69) is 23.9 Å². The van der Waals surface area contributed by atoms with Crippen molar-refractivity contribution < 1.29 is 13.2 Å². The van der Waals surface area contributed by atoms with Gasteiger partial charge in [0.25, 0.3) is 10.0 Å². The van der Waals surface area contributed by atoms with Gasteiger partial charge in [0.15, 0.2) is 0 Å². The molecule has 3 aromatic carbocycles. The number of thioether (sulfide) groups is 1. The fourth-order valence-electron chi connectivity index (χ4n) is 3.42. The van der Waals surface area contributed by atoms with Gasteiger partial charge in [0.2, 0.25) is 5.91 Å². The van der Waals surface area contributed by atoms with Crippen LogP contribution in [0.3, 0.4) is 0 Å². The predicted molar refractivity (Wildman–Crippen MR) is 146 cm³/mol. The molecule has 0 radical (unpaired) electrons. The number of carbonyl (C=O) groups excluding carboxylic acids is 1. The molecule has 0 aliphatic carbocycles. The monoisotopic (exact) mass is 522 g/mol. The van der Waals surface area contributed by atoms with E-state index in [-0.39, 0.29) is 10.1 Å². The number of amides is 1. The van der Waals surface area contributed by atoms with Crippen LogP contribution in [0.15, 0.2) is 105 Å². The van der Waals surface area contributed by atoms with E-state index in [1.165, 1.54) is 28.7 Å². The highest BCUT2D eigenvalue weighted by Gasteiger charge is 2.22. The third-order valence-electron chi connectivity index (χ3n) is 5.31. The summed E-state index contributed by atoms with van der Waals surface area (Å²) in [6, 6.07) is 27.8. The lowest BCUT2D eigenvalue weighted by molar-refractivity contribution is -0.115. The highest BCUT2D eigenvalue weighted by atomic mass is 32.2. The van der Waals surface area contributed by atoms with Crippen molar-refractivity contribution in [1.29, 1.82) is 0 Å². The molecule has 1 atom stereocenters. The van der Waals surface area contributed by atoms with Crippen LogP contribution < -0.4 is 10.0 Å². The molecule has 0 aliphatic rings. The normalized spacial score (nSPS) is 12.3. The number of carbonyl (C=O) groups is 1. The van der Waals surface area contributed by atoms with Crippen LogP contribution >= 0.6 is 23.1 Å². The van der Waals surface area contributed by atoms with Gasteiger partial charge >= 0.3 is 0 Å². The second-order valence-electron chi connectivity index (χ2n) is 8.24. The van der Waals surface area contributed by atoms with Crippen LogP contribution in [0.4, 0.5) is 11.4 Å². The SMILES string of the molecule is CC(C)c1ccc(NC(=O)C(Sc2ccc(NS(=O)(=O)c3cccs3)cc2)c2ccccc2)cc1. The Balaban J connectivity index is 1.50. The lowest BCUT2D eigenvalue weighted by atomic mass is 10.0. The summed E-state index contributed by atoms with van der Waals surface area (Å²) in [5.41, 5.74) is 3.32. The van der Waals surface area contributed by atoms with Crippen molar-refractivity contribution >= 4 is 50.4 Å². The van der Waals surface area contributed by atoms with Gasteiger partial charge < -0.3 is 5.32 Å². The van der Waals surface area contributed by atoms with Gasteiger partial charge in [-0.15, -0.1) is 23.1 Å². The molecule has 0 spiro atoms. The highest BCUT2D eigenvalue weighted by Crippen LogP contribution is 2.37. The number of sulfonamides is 1. The average Bonchev–Trinajstić information content (AvgIpc) is 3.40. The topological polar surface area (TPSA) is 75.3 Å². The third kappa shape index (κ3) is 6.54. The lowest BCUT2D eigenvalue weighted by Gasteiger charge is -2.18. The number of hydrogen-bond acceptors (Lipinski definition) is 5. The molecule has 1 aromatic heterocycles. The van der Waals surface area contributed by atoms with Crippen LogP contribution in [0, 0.1) is 0 Å². The summed E-state index contributed by atoms with van der Waals surface area (Å²) >= 11 is 2.58. The predicted octanol–water partition coefficient (Wildman–Crippen LogP) is 7.14. The van der Waals surface area contributed by atoms with Crippen LogP contribution in [0.2, 0.25) is 0 Å². The smallest absolute Gasteiger partial charge is 0.271 e. The Labute approximate surface area is 214 Å². The summed E-state index contributed by atoms with van der Waals surface area (Å²) in [5.74, 6) is 0.297. The molecule has 4 aromatic rings. The Morgan fingerprint density at radius 2 is 1.46 bits per heavy atom. The Hall–Kier alpha value is -3.07. The molecular weight excluding hydrogens is 497 g/mol. The fourth-order valence-corrected chi connectivity index (χ4v) is 6.50. The van der Waals surface area contributed by atoms with E-state index in [0.717, 1.165) is 16.1 Å². The van der Waals surface area contributed by atoms with Crippen LogP contribution in [0.1, 0.15) is 36.1 Å². The molecule has 0 saturated carbocycles. The zero-order valence-electron chi connectivity index (χ0n) is 19.3. The van der Waals surface area contributed by atoms with Crippen molar-refractivity contribution in [2.45, 2.75) is 34.1 Å². The second kappa shape index (κ2) is 11.1. The van der Waals surface area contributed by atoms with Crippen molar-refractivity contribution in [2.24, 2.45) is 0 Å². The van der Waals surface area contributed by atoms with Crippen LogP contribution in [0.5, 0.6) is 0 Å². The number of benzene rings is 3. The maximum Gasteiger partial charge on any atom is 0.271 e. The molecule has 0 fully saturated rings. The van der Waals surface area contributed by atoms with Gasteiger partial charge in [-0.05, 0) is 64.9 Å². The highest BCUT2D eigenvalue weighted by molar-refractivity contribution is 8.00. The Morgan fingerprint density at radius 3 is 2.06 bits per heavy atom. The first-order chi connectivity index (χ1) is 16.8. The summed E-state index contributed by atoms with van der Waals surface area (Å²) in [4.78, 5) is 14.1. The molecule has 4 rings (SSSR count). The van der Waals surface area contributed by atoms with Crippen molar-refractivity contribution in [1.82, 2.24) is 0 Å². The molecule has 5 nitrogen and oxygen atoms in total. The van der Waals surface area contributed by atoms with Crippen molar-refractivity contribution in [3.8, 4) is 0 Å². The van der Waals surface area contributed by atoms with Gasteiger partial charge in [-0.2, -0.15) is 0 Å². The van der Waals surface area contributed by atoms with Gasteiger partial charge in [-0.3, -0.25) is 9.52 Å². The lowest BCUT2D eigenvalue weighted by Crippen LogP contribution is -2.19. The molecule has 0 bridgehead atoms. The minimum absolute atomic E-state index is 0.124. The number of nitrogens with one attached hydrogen (secondary N) is 2. The maximum atomic E-state index is 13.3. The van der Waals surface area contributed by atoms with E-state index >= 15 is 0 Å². The quantitative estimate of drug-likeness (QED) is 0.229. The van der Waals surface area contributed by atoms with Gasteiger partial charge in [-0.25, -0.2) is 8.42 Å². The van der Waals surface area contributed by atoms with E-state index < -0.39 is 15.3 Å². The summed E-state index contributed by atoms with van der Waals surface area (Å²) < 4.78 is 27.8. The van der Waals surface area contributed by atoms with E-state index in [1.807, 2.05) is 66.7 Å². The summed E-state index contributed by atoms with van der Waals surface area (Å²) in [5, 5.41) is 4.28. The van der Waals surface area contributed by atoms with Crippen LogP contribution in [0.25, 0.3) is 0 Å². The Kier molecular flexibility index (Phi) is 7.95. The second-order valence-corrected chi connectivity index (χ2v) is 12.3. The van der Waals surface area contributed by atoms with Crippen molar-refractivity contribution in [2.75, 3.05) is 10.0 Å². The minimum atomic E-state index is -3.61. The summed E-state index contributed by atoms with van der Waals surface area (Å²) in [7, 11) is -3.61. The molecule has 1 amide bonds. The van der Waals surface area contributed by atoms with E-state index in [4.69, 9.17) is 0 Å². The zero-order valence-corrected chi connectivity index (χ0v) is 21.8. The van der Waals surface area contributed by atoms with Crippen molar-refractivity contribution in [3.63, 3.8) is 0 Å². The van der Waals surface area contributed by atoms with Gasteiger partial charge in [0.1, 0.15) is 9.46 Å². The Bertz CT molecular complexity index is 1350. The van der Waals surface area contributed by atoms with Crippen molar-refractivity contribution in [3.05, 3.63) is 108 Å². The summed E-state index contributed by atoms with van der Waals surface area (Å²) in [6.45, 7) is 4.27. The average molecular weight is 523 g/mol. The summed E-state index contributed by atoms with van der Waals surface area (Å²) in [6.07, 6.45) is 0. The van der Waals surface area contributed by atoms with Gasteiger partial charge in [0, 0.05) is 16.3 Å². The Morgan fingerprint density at radius 1 is 0.800 bits per heavy atom. The van der Waals surface area contributed by atoms with E-state index in [9.17, 15) is 13.2 Å². The standard InChI is InChI=1S/C27H26N2O3S3/c1-19(2)20-10-12-22(13-11-20)28-27(30)26(21-7-4-3-5-8-21)34-24-16-14-23(15-17-24)29-35(31,32)25-9-6-18-33-25/h3-19,26,29H,1-2H3,(H,28,30). The first kappa shape index (κ1) is 25.0. The molecule has 2 N–H and O–H groups in total. The molecule has 0 saturated heterocycles. The van der Waals surface area contributed by atoms with Gasteiger partial charge in [-0.1, -0.05) is 62.4 Å². The molecule has 8 heteroatoms. The first-order valence-electron chi connectivity index (χ1n) is 11.1. The molecule has 0 aliphatic heterocycles. The number of thiophene rings is 1. The number of rotatable bonds is 9. The molecule has 1 heterocycles. The minimum Gasteiger partial charge on any atom is -0.325 e.